The van der Waals surface area contributed by atoms with E-state index in [-0.39, 0.29) is 16.7 Å². The van der Waals surface area contributed by atoms with Crippen molar-refractivity contribution in [2.75, 3.05) is 0 Å². The molecule has 1 unspecified atom stereocenters. The Balaban J connectivity index is 2.41. The predicted molar refractivity (Wildman–Crippen MR) is 70.0 cm³/mol. The second kappa shape index (κ2) is 4.09. The van der Waals surface area contributed by atoms with Gasteiger partial charge >= 0.3 is 5.54 Å². The van der Waals surface area contributed by atoms with Gasteiger partial charge in [0.2, 0.25) is 5.78 Å². The first-order chi connectivity index (χ1) is 9.60. The summed E-state index contributed by atoms with van der Waals surface area (Å²) >= 11 is 0. The minimum absolute atomic E-state index is 0.109. The number of hydrogen-bond donors (Lipinski definition) is 0. The van der Waals surface area contributed by atoms with E-state index in [0.717, 1.165) is 0 Å². The summed E-state index contributed by atoms with van der Waals surface area (Å²) in [4.78, 5) is 35.4. The van der Waals surface area contributed by atoms with Crippen molar-refractivity contribution in [1.29, 1.82) is 0 Å². The molecule has 1 atom stereocenters. The fourth-order valence-electron chi connectivity index (χ4n) is 2.66. The first-order valence-corrected chi connectivity index (χ1v) is 5.99. The third kappa shape index (κ3) is 1.31. The Hall–Kier alpha value is -2.82. The SMILES string of the molecule is O=C1C(=O)C(c2ccccc2)([N+](=O)[O-])c2ccccc21. The van der Waals surface area contributed by atoms with Gasteiger partial charge in [0, 0.05) is 16.1 Å². The lowest BCUT2D eigenvalue weighted by Crippen LogP contribution is -2.43. The Morgan fingerprint density at radius 1 is 0.900 bits per heavy atom. The van der Waals surface area contributed by atoms with Crippen LogP contribution in [0.1, 0.15) is 21.5 Å². The number of benzene rings is 2. The van der Waals surface area contributed by atoms with E-state index in [0.29, 0.717) is 0 Å². The standard InChI is InChI=1S/C15H9NO4/c17-13-11-8-4-5-9-12(11)15(14(13)18,16(19)20)10-6-2-1-3-7-10/h1-9H. The lowest BCUT2D eigenvalue weighted by molar-refractivity contribution is -0.546. The average molecular weight is 267 g/mol. The Morgan fingerprint density at radius 3 is 2.15 bits per heavy atom. The van der Waals surface area contributed by atoms with Crippen LogP contribution >= 0.6 is 0 Å². The fraction of sp³-hybridized carbons (Fsp3) is 0.0667. The molecule has 0 heterocycles. The van der Waals surface area contributed by atoms with Crippen LogP contribution in [0.3, 0.4) is 0 Å². The first-order valence-electron chi connectivity index (χ1n) is 5.99. The summed E-state index contributed by atoms with van der Waals surface area (Å²) in [6.45, 7) is 0. The summed E-state index contributed by atoms with van der Waals surface area (Å²) in [5, 5.41) is 11.7. The molecule has 0 saturated carbocycles. The number of nitrogens with zero attached hydrogens (tertiary/aromatic N) is 1. The van der Waals surface area contributed by atoms with Gasteiger partial charge in [-0.3, -0.25) is 19.7 Å². The van der Waals surface area contributed by atoms with E-state index in [4.69, 9.17) is 0 Å². The molecule has 0 radical (unpaired) electrons. The summed E-state index contributed by atoms with van der Waals surface area (Å²) in [5.74, 6) is -1.81. The molecular weight excluding hydrogens is 258 g/mol. The largest absolute Gasteiger partial charge is 0.337 e. The second-order valence-corrected chi connectivity index (χ2v) is 4.54. The maximum atomic E-state index is 12.3. The maximum absolute atomic E-state index is 12.3. The predicted octanol–water partition coefficient (Wildman–Crippen LogP) is 1.97. The number of ketones is 2. The van der Waals surface area contributed by atoms with Crippen molar-refractivity contribution in [3.63, 3.8) is 0 Å². The fourth-order valence-corrected chi connectivity index (χ4v) is 2.66. The van der Waals surface area contributed by atoms with Gasteiger partial charge in [-0.05, 0) is 0 Å². The zero-order valence-corrected chi connectivity index (χ0v) is 10.3. The molecule has 1 aliphatic carbocycles. The molecule has 0 spiro atoms. The van der Waals surface area contributed by atoms with Crippen molar-refractivity contribution in [3.05, 3.63) is 81.4 Å². The molecule has 0 amide bonds. The molecule has 0 N–H and O–H groups in total. The van der Waals surface area contributed by atoms with Crippen LogP contribution in [0, 0.1) is 10.1 Å². The summed E-state index contributed by atoms with van der Waals surface area (Å²) in [6.07, 6.45) is 0. The number of fused-ring (bicyclic) bond motifs is 1. The lowest BCUT2D eigenvalue weighted by Gasteiger charge is -2.19. The quantitative estimate of drug-likeness (QED) is 0.473. The summed E-state index contributed by atoms with van der Waals surface area (Å²) in [5.41, 5.74) is -1.66. The topological polar surface area (TPSA) is 77.3 Å². The highest BCUT2D eigenvalue weighted by atomic mass is 16.6. The Labute approximate surface area is 114 Å². The smallest absolute Gasteiger partial charge is 0.285 e. The van der Waals surface area contributed by atoms with Crippen molar-refractivity contribution in [1.82, 2.24) is 0 Å². The van der Waals surface area contributed by atoms with Gasteiger partial charge in [0.25, 0.3) is 5.78 Å². The average Bonchev–Trinajstić information content (AvgIpc) is 2.70. The number of carbonyl (C=O) groups excluding carboxylic acids is 2. The highest BCUT2D eigenvalue weighted by Crippen LogP contribution is 2.41. The van der Waals surface area contributed by atoms with E-state index >= 15 is 0 Å². The number of carbonyl (C=O) groups is 2. The number of Topliss-reactive ketones (excluding diaryl/α,β-unsaturated/α-hetero) is 2. The van der Waals surface area contributed by atoms with Crippen molar-refractivity contribution < 1.29 is 14.5 Å². The molecule has 5 heteroatoms. The Morgan fingerprint density at radius 2 is 1.50 bits per heavy atom. The van der Waals surface area contributed by atoms with Gasteiger partial charge in [-0.1, -0.05) is 54.6 Å². The van der Waals surface area contributed by atoms with Crippen molar-refractivity contribution in [2.45, 2.75) is 5.54 Å². The number of rotatable bonds is 2. The van der Waals surface area contributed by atoms with E-state index in [1.54, 1.807) is 30.3 Å². The Kier molecular flexibility index (Phi) is 2.50. The molecule has 2 aromatic rings. The molecule has 0 bridgehead atoms. The zero-order chi connectivity index (χ0) is 14.3. The molecule has 98 valence electrons. The second-order valence-electron chi connectivity index (χ2n) is 4.54. The Bertz CT molecular complexity index is 739. The van der Waals surface area contributed by atoms with Gasteiger partial charge in [-0.15, -0.1) is 0 Å². The van der Waals surface area contributed by atoms with E-state index in [2.05, 4.69) is 0 Å². The molecule has 5 nitrogen and oxygen atoms in total. The molecule has 3 rings (SSSR count). The van der Waals surface area contributed by atoms with E-state index < -0.39 is 22.0 Å². The van der Waals surface area contributed by atoms with Crippen molar-refractivity contribution in [3.8, 4) is 0 Å². The molecule has 2 aromatic carbocycles. The van der Waals surface area contributed by atoms with Crippen LogP contribution in [0.5, 0.6) is 0 Å². The molecule has 0 aromatic heterocycles. The monoisotopic (exact) mass is 267 g/mol. The third-order valence-electron chi connectivity index (χ3n) is 3.56. The molecule has 1 aliphatic rings. The van der Waals surface area contributed by atoms with Crippen LogP contribution in [0.2, 0.25) is 0 Å². The van der Waals surface area contributed by atoms with E-state index in [1.165, 1.54) is 24.3 Å². The van der Waals surface area contributed by atoms with E-state index in [9.17, 15) is 19.7 Å². The first kappa shape index (κ1) is 12.2. The highest BCUT2D eigenvalue weighted by Gasteiger charge is 2.63. The van der Waals surface area contributed by atoms with Crippen LogP contribution in [0.4, 0.5) is 0 Å². The number of nitro groups is 1. The van der Waals surface area contributed by atoms with Crippen molar-refractivity contribution >= 4 is 11.6 Å². The van der Waals surface area contributed by atoms with Gasteiger partial charge in [-0.2, -0.15) is 0 Å². The lowest BCUT2D eigenvalue weighted by atomic mass is 9.84. The molecule has 0 fully saturated rings. The maximum Gasteiger partial charge on any atom is 0.337 e. The van der Waals surface area contributed by atoms with E-state index in [1.807, 2.05) is 0 Å². The van der Waals surface area contributed by atoms with Gasteiger partial charge in [0.05, 0.1) is 5.56 Å². The van der Waals surface area contributed by atoms with Crippen molar-refractivity contribution in [2.24, 2.45) is 0 Å². The summed E-state index contributed by atoms with van der Waals surface area (Å²) in [7, 11) is 0. The molecule has 0 saturated heterocycles. The minimum Gasteiger partial charge on any atom is -0.285 e. The van der Waals surface area contributed by atoms with Crippen LogP contribution in [-0.2, 0) is 10.3 Å². The van der Waals surface area contributed by atoms with Crippen LogP contribution in [0.25, 0.3) is 0 Å². The van der Waals surface area contributed by atoms with Crippen LogP contribution < -0.4 is 0 Å². The number of hydrogen-bond acceptors (Lipinski definition) is 4. The van der Waals surface area contributed by atoms with Gasteiger partial charge in [0.1, 0.15) is 0 Å². The molecule has 20 heavy (non-hydrogen) atoms. The summed E-state index contributed by atoms with van der Waals surface area (Å²) in [6, 6.07) is 14.0. The molecule has 0 aliphatic heterocycles. The van der Waals surface area contributed by atoms with Gasteiger partial charge in [-0.25, -0.2) is 0 Å². The summed E-state index contributed by atoms with van der Waals surface area (Å²) < 4.78 is 0. The molecular formula is C15H9NO4. The normalized spacial score (nSPS) is 20.8. The minimum atomic E-state index is -2.12. The zero-order valence-electron chi connectivity index (χ0n) is 10.3. The van der Waals surface area contributed by atoms with Gasteiger partial charge in [0.15, 0.2) is 0 Å². The van der Waals surface area contributed by atoms with Gasteiger partial charge < -0.3 is 0 Å². The van der Waals surface area contributed by atoms with Crippen LogP contribution in [-0.4, -0.2) is 16.5 Å². The highest BCUT2D eigenvalue weighted by molar-refractivity contribution is 6.50. The third-order valence-corrected chi connectivity index (χ3v) is 3.56. The van der Waals surface area contributed by atoms with Crippen LogP contribution in [0.15, 0.2) is 54.6 Å².